The average molecular weight is 382 g/mol. The first-order chi connectivity index (χ1) is 13.9. The lowest BCUT2D eigenvalue weighted by Gasteiger charge is -2.02. The van der Waals surface area contributed by atoms with Gasteiger partial charge in [-0.2, -0.15) is 5.10 Å². The molecule has 0 atom stereocenters. The minimum Gasteiger partial charge on any atom is -0.253 e. The molecule has 0 bridgehead atoms. The monoisotopic (exact) mass is 381 g/mol. The molecule has 3 nitrogen and oxygen atoms in total. The number of allylic oxidation sites excluding steroid dienone is 1. The van der Waals surface area contributed by atoms with Crippen molar-refractivity contribution in [2.45, 2.75) is 0 Å². The molecule has 0 radical (unpaired) electrons. The summed E-state index contributed by atoms with van der Waals surface area (Å²) in [5.41, 5.74) is 7.41. The average Bonchev–Trinajstić information content (AvgIpc) is 3.20. The van der Waals surface area contributed by atoms with Crippen LogP contribution in [0.4, 0.5) is 5.13 Å². The van der Waals surface area contributed by atoms with E-state index in [-0.39, 0.29) is 0 Å². The molecule has 0 aliphatic carbocycles. The number of aromatic nitrogens is 1. The van der Waals surface area contributed by atoms with Gasteiger partial charge in [-0.15, -0.1) is 0 Å². The van der Waals surface area contributed by atoms with Crippen LogP contribution in [0.3, 0.4) is 0 Å². The van der Waals surface area contributed by atoms with E-state index in [0.29, 0.717) is 0 Å². The van der Waals surface area contributed by atoms with Crippen molar-refractivity contribution in [2.24, 2.45) is 5.10 Å². The molecular weight excluding hydrogens is 362 g/mol. The molecule has 4 rings (SSSR count). The number of hydrogen-bond acceptors (Lipinski definition) is 4. The zero-order valence-corrected chi connectivity index (χ0v) is 16.0. The number of benzene rings is 3. The third-order valence-corrected chi connectivity index (χ3v) is 5.13. The molecule has 1 aromatic heterocycles. The molecule has 0 unspecified atom stereocenters. The van der Waals surface area contributed by atoms with Gasteiger partial charge in [0, 0.05) is 11.8 Å². The van der Waals surface area contributed by atoms with Crippen molar-refractivity contribution >= 4 is 28.8 Å². The maximum Gasteiger partial charge on any atom is 0.204 e. The second-order valence-corrected chi connectivity index (χ2v) is 7.09. The van der Waals surface area contributed by atoms with Crippen LogP contribution in [0.25, 0.3) is 27.8 Å². The highest BCUT2D eigenvalue weighted by Gasteiger charge is 2.14. The lowest BCUT2D eigenvalue weighted by atomic mass is 10.1. The van der Waals surface area contributed by atoms with Crippen molar-refractivity contribution < 1.29 is 0 Å². The van der Waals surface area contributed by atoms with Gasteiger partial charge >= 0.3 is 0 Å². The lowest BCUT2D eigenvalue weighted by molar-refractivity contribution is 1.29. The minimum absolute atomic E-state index is 0.766. The first-order valence-corrected chi connectivity index (χ1v) is 9.84. The Morgan fingerprint density at radius 3 is 2.04 bits per heavy atom. The van der Waals surface area contributed by atoms with Crippen molar-refractivity contribution in [3.05, 3.63) is 103 Å². The van der Waals surface area contributed by atoms with Crippen molar-refractivity contribution in [1.29, 1.82) is 0 Å². The quantitative estimate of drug-likeness (QED) is 0.302. The van der Waals surface area contributed by atoms with E-state index in [4.69, 9.17) is 4.98 Å². The van der Waals surface area contributed by atoms with Gasteiger partial charge in [-0.3, -0.25) is 5.43 Å². The number of hydrogen-bond donors (Lipinski definition) is 1. The summed E-state index contributed by atoms with van der Waals surface area (Å²) < 4.78 is 0. The van der Waals surface area contributed by atoms with Crippen molar-refractivity contribution in [3.63, 3.8) is 0 Å². The van der Waals surface area contributed by atoms with Crippen LogP contribution in [-0.4, -0.2) is 11.2 Å². The highest BCUT2D eigenvalue weighted by atomic mass is 32.1. The Morgan fingerprint density at radius 2 is 1.36 bits per heavy atom. The Labute approximate surface area is 168 Å². The second kappa shape index (κ2) is 8.93. The van der Waals surface area contributed by atoms with E-state index in [1.54, 1.807) is 17.6 Å². The van der Waals surface area contributed by atoms with Gasteiger partial charge in [0.2, 0.25) is 5.13 Å². The molecule has 1 heterocycles. The minimum atomic E-state index is 0.766. The summed E-state index contributed by atoms with van der Waals surface area (Å²) in [6.07, 6.45) is 5.66. The van der Waals surface area contributed by atoms with Crippen molar-refractivity contribution in [2.75, 3.05) is 5.43 Å². The van der Waals surface area contributed by atoms with E-state index in [0.717, 1.165) is 32.4 Å². The maximum absolute atomic E-state index is 4.78. The van der Waals surface area contributed by atoms with E-state index in [2.05, 4.69) is 46.9 Å². The van der Waals surface area contributed by atoms with Crippen LogP contribution in [0, 0.1) is 0 Å². The molecule has 4 heteroatoms. The van der Waals surface area contributed by atoms with Gasteiger partial charge in [-0.1, -0.05) is 108 Å². The maximum atomic E-state index is 4.78. The molecule has 136 valence electrons. The summed E-state index contributed by atoms with van der Waals surface area (Å²) >= 11 is 1.60. The number of thiazole rings is 1. The van der Waals surface area contributed by atoms with E-state index >= 15 is 0 Å². The van der Waals surface area contributed by atoms with E-state index in [9.17, 15) is 0 Å². The summed E-state index contributed by atoms with van der Waals surface area (Å²) in [5, 5.41) is 5.05. The standard InChI is InChI=1S/C24H19N3S/c1-4-11-19(12-5-1)13-10-18-25-27-24-26-22(20-14-6-2-7-15-20)23(28-24)21-16-8-3-9-17-21/h1-18H,(H,26,27). The fourth-order valence-electron chi connectivity index (χ4n) is 2.80. The summed E-state index contributed by atoms with van der Waals surface area (Å²) in [4.78, 5) is 5.91. The van der Waals surface area contributed by atoms with Gasteiger partial charge in [0.05, 0.1) is 10.6 Å². The number of nitrogens with zero attached hydrogens (tertiary/aromatic N) is 2. The summed E-state index contributed by atoms with van der Waals surface area (Å²) in [5.74, 6) is 0. The topological polar surface area (TPSA) is 37.3 Å². The lowest BCUT2D eigenvalue weighted by Crippen LogP contribution is -1.87. The predicted octanol–water partition coefficient (Wildman–Crippen LogP) is 6.59. The molecule has 0 fully saturated rings. The Kier molecular flexibility index (Phi) is 5.71. The Balaban J connectivity index is 1.56. The molecule has 0 amide bonds. The Bertz CT molecular complexity index is 1010. The number of anilines is 1. The highest BCUT2D eigenvalue weighted by molar-refractivity contribution is 7.19. The van der Waals surface area contributed by atoms with Crippen LogP contribution in [0.5, 0.6) is 0 Å². The van der Waals surface area contributed by atoms with E-state index < -0.39 is 0 Å². The first-order valence-electron chi connectivity index (χ1n) is 9.02. The molecule has 0 saturated heterocycles. The molecule has 0 spiro atoms. The fourth-order valence-corrected chi connectivity index (χ4v) is 3.74. The zero-order valence-electron chi connectivity index (χ0n) is 15.2. The van der Waals surface area contributed by atoms with Crippen LogP contribution in [0.2, 0.25) is 0 Å². The van der Waals surface area contributed by atoms with Gasteiger partial charge in [0.1, 0.15) is 0 Å². The molecule has 4 aromatic rings. The smallest absolute Gasteiger partial charge is 0.204 e. The third kappa shape index (κ3) is 4.42. The van der Waals surface area contributed by atoms with Crippen LogP contribution in [0.15, 0.2) is 102 Å². The molecular formula is C24H19N3S. The van der Waals surface area contributed by atoms with Gasteiger partial charge in [0.25, 0.3) is 0 Å². The molecule has 0 aliphatic heterocycles. The molecule has 3 aromatic carbocycles. The van der Waals surface area contributed by atoms with Crippen LogP contribution >= 0.6 is 11.3 Å². The Hall–Kier alpha value is -3.50. The summed E-state index contributed by atoms with van der Waals surface area (Å²) in [7, 11) is 0. The van der Waals surface area contributed by atoms with Crippen molar-refractivity contribution in [1.82, 2.24) is 4.98 Å². The number of nitrogens with one attached hydrogen (secondary N) is 1. The zero-order chi connectivity index (χ0) is 19.0. The summed E-state index contributed by atoms with van der Waals surface area (Å²) in [6, 6.07) is 30.7. The van der Waals surface area contributed by atoms with Crippen LogP contribution < -0.4 is 5.43 Å². The normalized spacial score (nSPS) is 11.3. The van der Waals surface area contributed by atoms with Crippen LogP contribution in [-0.2, 0) is 0 Å². The largest absolute Gasteiger partial charge is 0.253 e. The SMILES string of the molecule is C(=Cc1ccccc1)C=NNc1nc(-c2ccccc2)c(-c2ccccc2)s1. The molecule has 28 heavy (non-hydrogen) atoms. The Morgan fingerprint density at radius 1 is 0.750 bits per heavy atom. The highest BCUT2D eigenvalue weighted by Crippen LogP contribution is 2.38. The van der Waals surface area contributed by atoms with Gasteiger partial charge < -0.3 is 0 Å². The number of hydrazone groups is 1. The number of rotatable bonds is 6. The van der Waals surface area contributed by atoms with Crippen LogP contribution in [0.1, 0.15) is 5.56 Å². The van der Waals surface area contributed by atoms with E-state index in [1.807, 2.05) is 66.7 Å². The predicted molar refractivity (Wildman–Crippen MR) is 121 cm³/mol. The van der Waals surface area contributed by atoms with Gasteiger partial charge in [0.15, 0.2) is 0 Å². The molecule has 1 N–H and O–H groups in total. The first kappa shape index (κ1) is 17.9. The van der Waals surface area contributed by atoms with Crippen molar-refractivity contribution in [3.8, 4) is 21.7 Å². The second-order valence-electron chi connectivity index (χ2n) is 6.09. The van der Waals surface area contributed by atoms with Gasteiger partial charge in [-0.25, -0.2) is 4.98 Å². The summed E-state index contributed by atoms with van der Waals surface area (Å²) in [6.45, 7) is 0. The molecule has 0 aliphatic rings. The third-order valence-electron chi connectivity index (χ3n) is 4.12. The fraction of sp³-hybridized carbons (Fsp3) is 0. The van der Waals surface area contributed by atoms with Gasteiger partial charge in [-0.05, 0) is 17.2 Å². The van der Waals surface area contributed by atoms with E-state index in [1.165, 1.54) is 0 Å². The molecule has 0 saturated carbocycles.